The number of ether oxygens (including phenoxy) is 1. The second-order valence-corrected chi connectivity index (χ2v) is 5.99. The van der Waals surface area contributed by atoms with Crippen molar-refractivity contribution in [1.29, 1.82) is 0 Å². The molecule has 0 bridgehead atoms. The second kappa shape index (κ2) is 6.07. The molecule has 0 N–H and O–H groups in total. The lowest BCUT2D eigenvalue weighted by molar-refractivity contribution is 0.403. The smallest absolute Gasteiger partial charge is 0.138 e. The zero-order chi connectivity index (χ0) is 14.8. The van der Waals surface area contributed by atoms with Crippen molar-refractivity contribution in [3.63, 3.8) is 0 Å². The lowest BCUT2D eigenvalue weighted by Gasteiger charge is -2.27. The van der Waals surface area contributed by atoms with E-state index in [1.165, 1.54) is 30.4 Å². The fraction of sp³-hybridized carbons (Fsp3) is 0.389. The van der Waals surface area contributed by atoms with Gasteiger partial charge in [0.05, 0.1) is 17.8 Å². The Labute approximate surface area is 131 Å². The molecule has 3 heteroatoms. The van der Waals surface area contributed by atoms with E-state index in [-0.39, 0.29) is 0 Å². The first-order chi connectivity index (χ1) is 10.2. The summed E-state index contributed by atoms with van der Waals surface area (Å²) in [5.74, 6) is 1.32. The van der Waals surface area contributed by atoms with Crippen LogP contribution in [0.2, 0.25) is 5.02 Å². The van der Waals surface area contributed by atoms with Crippen LogP contribution < -0.4 is 4.74 Å². The lowest BCUT2D eigenvalue weighted by atomic mass is 9.79. The summed E-state index contributed by atoms with van der Waals surface area (Å²) < 4.78 is 5.46. The summed E-state index contributed by atoms with van der Waals surface area (Å²) in [6.45, 7) is 2.15. The Morgan fingerprint density at radius 1 is 1.29 bits per heavy atom. The van der Waals surface area contributed by atoms with Gasteiger partial charge in [0.2, 0.25) is 0 Å². The van der Waals surface area contributed by atoms with Crippen LogP contribution in [0.1, 0.15) is 43.2 Å². The summed E-state index contributed by atoms with van der Waals surface area (Å²) in [5, 5.41) is 0.762. The van der Waals surface area contributed by atoms with Crippen LogP contribution in [-0.4, -0.2) is 12.1 Å². The van der Waals surface area contributed by atoms with E-state index in [1.807, 2.05) is 12.3 Å². The van der Waals surface area contributed by atoms with Crippen LogP contribution in [0.15, 0.2) is 30.5 Å². The molecule has 1 saturated carbocycles. The molecule has 0 aliphatic heterocycles. The summed E-state index contributed by atoms with van der Waals surface area (Å²) in [4.78, 5) is 4.51. The van der Waals surface area contributed by atoms with E-state index in [4.69, 9.17) is 16.3 Å². The van der Waals surface area contributed by atoms with Gasteiger partial charge in [0.1, 0.15) is 5.75 Å². The summed E-state index contributed by atoms with van der Waals surface area (Å²) in [6, 6.07) is 8.39. The normalized spacial score (nSPS) is 14.8. The largest absolute Gasteiger partial charge is 0.495 e. The molecule has 110 valence electrons. The Hall–Kier alpha value is -1.54. The van der Waals surface area contributed by atoms with Crippen LogP contribution in [0.3, 0.4) is 0 Å². The molecule has 0 atom stereocenters. The van der Waals surface area contributed by atoms with E-state index in [0.717, 1.165) is 28.5 Å². The van der Waals surface area contributed by atoms with Crippen molar-refractivity contribution in [2.75, 3.05) is 7.11 Å². The first kappa shape index (κ1) is 14.4. The number of halogens is 1. The molecule has 2 nitrogen and oxygen atoms in total. The first-order valence-corrected chi connectivity index (χ1v) is 7.93. The van der Waals surface area contributed by atoms with Crippen LogP contribution in [-0.2, 0) is 6.42 Å². The SMILES string of the molecule is CCc1ccnc(-c2cc(OC)c(Cl)c(C3CCC3)c2)c1. The number of pyridine rings is 1. The predicted octanol–water partition coefficient (Wildman–Crippen LogP) is 5.24. The highest BCUT2D eigenvalue weighted by molar-refractivity contribution is 6.33. The minimum absolute atomic E-state index is 0.570. The molecule has 1 heterocycles. The van der Waals surface area contributed by atoms with Gasteiger partial charge in [0, 0.05) is 11.8 Å². The van der Waals surface area contributed by atoms with Crippen LogP contribution in [0.5, 0.6) is 5.75 Å². The number of methoxy groups -OCH3 is 1. The minimum Gasteiger partial charge on any atom is -0.495 e. The molecular weight excluding hydrogens is 282 g/mol. The van der Waals surface area contributed by atoms with E-state index in [9.17, 15) is 0 Å². The van der Waals surface area contributed by atoms with Gasteiger partial charge in [-0.1, -0.05) is 24.9 Å². The molecule has 0 amide bonds. The van der Waals surface area contributed by atoms with E-state index in [2.05, 4.69) is 30.1 Å². The molecule has 3 rings (SSSR count). The van der Waals surface area contributed by atoms with Gasteiger partial charge in [-0.2, -0.15) is 0 Å². The van der Waals surface area contributed by atoms with Crippen molar-refractivity contribution in [3.05, 3.63) is 46.6 Å². The average molecular weight is 302 g/mol. The maximum Gasteiger partial charge on any atom is 0.138 e. The molecule has 21 heavy (non-hydrogen) atoms. The number of rotatable bonds is 4. The molecule has 0 spiro atoms. The summed E-state index contributed by atoms with van der Waals surface area (Å²) >= 11 is 6.49. The van der Waals surface area contributed by atoms with Gasteiger partial charge in [0.15, 0.2) is 0 Å². The Bertz CT molecular complexity index is 650. The van der Waals surface area contributed by atoms with Gasteiger partial charge in [-0.3, -0.25) is 4.98 Å². The second-order valence-electron chi connectivity index (χ2n) is 5.61. The Morgan fingerprint density at radius 3 is 2.71 bits per heavy atom. The first-order valence-electron chi connectivity index (χ1n) is 7.55. The van der Waals surface area contributed by atoms with Gasteiger partial charge < -0.3 is 4.74 Å². The highest BCUT2D eigenvalue weighted by Gasteiger charge is 2.24. The van der Waals surface area contributed by atoms with Gasteiger partial charge >= 0.3 is 0 Å². The van der Waals surface area contributed by atoms with Crippen LogP contribution in [0, 0.1) is 0 Å². The standard InChI is InChI=1S/C18H20ClNO/c1-3-12-7-8-20-16(9-12)14-10-15(13-5-4-6-13)18(19)17(11-14)21-2/h7-11,13H,3-6H2,1-2H3. The van der Waals surface area contributed by atoms with Crippen molar-refractivity contribution in [3.8, 4) is 17.0 Å². The fourth-order valence-corrected chi connectivity index (χ4v) is 3.12. The van der Waals surface area contributed by atoms with Gasteiger partial charge in [-0.05, 0) is 60.6 Å². The average Bonchev–Trinajstić information content (AvgIpc) is 2.47. The van der Waals surface area contributed by atoms with E-state index < -0.39 is 0 Å². The Morgan fingerprint density at radius 2 is 2.10 bits per heavy atom. The highest BCUT2D eigenvalue weighted by Crippen LogP contribution is 2.44. The maximum absolute atomic E-state index is 6.49. The lowest BCUT2D eigenvalue weighted by Crippen LogP contribution is -2.10. The molecular formula is C18H20ClNO. The van der Waals surface area contributed by atoms with Gasteiger partial charge in [-0.15, -0.1) is 0 Å². The van der Waals surface area contributed by atoms with Crippen LogP contribution >= 0.6 is 11.6 Å². The monoisotopic (exact) mass is 301 g/mol. The van der Waals surface area contributed by atoms with Crippen LogP contribution in [0.4, 0.5) is 0 Å². The third-order valence-electron chi connectivity index (χ3n) is 4.36. The van der Waals surface area contributed by atoms with E-state index in [0.29, 0.717) is 5.92 Å². The van der Waals surface area contributed by atoms with E-state index >= 15 is 0 Å². The third-order valence-corrected chi connectivity index (χ3v) is 4.77. The molecule has 0 radical (unpaired) electrons. The maximum atomic E-state index is 6.49. The molecule has 1 aliphatic rings. The predicted molar refractivity (Wildman–Crippen MR) is 87.2 cm³/mol. The molecule has 2 aromatic rings. The zero-order valence-corrected chi connectivity index (χ0v) is 13.3. The van der Waals surface area contributed by atoms with Crippen molar-refractivity contribution >= 4 is 11.6 Å². The zero-order valence-electron chi connectivity index (χ0n) is 12.5. The molecule has 1 aromatic carbocycles. The Balaban J connectivity index is 2.08. The fourth-order valence-electron chi connectivity index (χ4n) is 2.78. The summed E-state index contributed by atoms with van der Waals surface area (Å²) in [7, 11) is 1.67. The number of aromatic nitrogens is 1. The van der Waals surface area contributed by atoms with Crippen molar-refractivity contribution in [2.45, 2.75) is 38.5 Å². The Kier molecular flexibility index (Phi) is 4.16. The topological polar surface area (TPSA) is 22.1 Å². The van der Waals surface area contributed by atoms with Gasteiger partial charge in [-0.25, -0.2) is 0 Å². The summed E-state index contributed by atoms with van der Waals surface area (Å²) in [6.07, 6.45) is 6.61. The molecule has 1 aliphatic carbocycles. The number of benzene rings is 1. The molecule has 0 saturated heterocycles. The summed E-state index contributed by atoms with van der Waals surface area (Å²) in [5.41, 5.74) is 4.58. The van der Waals surface area contributed by atoms with Crippen molar-refractivity contribution < 1.29 is 4.74 Å². The number of hydrogen-bond acceptors (Lipinski definition) is 2. The number of nitrogens with zero attached hydrogens (tertiary/aromatic N) is 1. The quantitative estimate of drug-likeness (QED) is 0.770. The van der Waals surface area contributed by atoms with Crippen LogP contribution in [0.25, 0.3) is 11.3 Å². The number of aryl methyl sites for hydroxylation is 1. The molecule has 1 aromatic heterocycles. The van der Waals surface area contributed by atoms with Gasteiger partial charge in [0.25, 0.3) is 0 Å². The van der Waals surface area contributed by atoms with Crippen molar-refractivity contribution in [1.82, 2.24) is 4.98 Å². The van der Waals surface area contributed by atoms with Crippen molar-refractivity contribution in [2.24, 2.45) is 0 Å². The highest BCUT2D eigenvalue weighted by atomic mass is 35.5. The molecule has 0 unspecified atom stereocenters. The third kappa shape index (κ3) is 2.77. The molecule has 1 fully saturated rings. The number of hydrogen-bond donors (Lipinski definition) is 0. The minimum atomic E-state index is 0.570. The van der Waals surface area contributed by atoms with E-state index in [1.54, 1.807) is 7.11 Å².